The lowest BCUT2D eigenvalue weighted by molar-refractivity contribution is -0.139. The number of hydrogen-bond acceptors (Lipinski definition) is 3. The maximum Gasteiger partial charge on any atom is 0.322 e. The average molecular weight is 248 g/mol. The summed E-state index contributed by atoms with van der Waals surface area (Å²) in [5, 5.41) is 12.0. The van der Waals surface area contributed by atoms with E-state index in [2.05, 4.69) is 28.4 Å². The van der Waals surface area contributed by atoms with Crippen molar-refractivity contribution in [3.8, 4) is 0 Å². The topological polar surface area (TPSA) is 52.6 Å². The van der Waals surface area contributed by atoms with Crippen molar-refractivity contribution in [3.05, 3.63) is 29.8 Å². The molecule has 1 aromatic rings. The first kappa shape index (κ1) is 12.9. The molecule has 2 N–H and O–H groups in total. The van der Waals surface area contributed by atoms with Gasteiger partial charge in [-0.1, -0.05) is 18.2 Å². The maximum absolute atomic E-state index is 11.1. The third-order valence-electron chi connectivity index (χ3n) is 3.51. The van der Waals surface area contributed by atoms with Crippen LogP contribution in [0.5, 0.6) is 0 Å². The van der Waals surface area contributed by atoms with E-state index in [1.165, 1.54) is 17.7 Å². The van der Waals surface area contributed by atoms with E-state index in [1.54, 1.807) is 7.05 Å². The van der Waals surface area contributed by atoms with Crippen molar-refractivity contribution < 1.29 is 9.90 Å². The molecular formula is C14H20N2O2. The number of hydrogen-bond donors (Lipinski definition) is 2. The number of anilines is 1. The minimum atomic E-state index is -0.792. The summed E-state index contributed by atoms with van der Waals surface area (Å²) in [6, 6.07) is 7.79. The first-order chi connectivity index (χ1) is 8.72. The number of aryl methyl sites for hydroxylation is 1. The molecule has 2 rings (SSSR count). The number of aliphatic carboxylic acids is 1. The van der Waals surface area contributed by atoms with Gasteiger partial charge in [-0.25, -0.2) is 0 Å². The Balaban J connectivity index is 2.19. The number of para-hydroxylation sites is 1. The number of carboxylic acids is 1. The van der Waals surface area contributed by atoms with Crippen LogP contribution >= 0.6 is 0 Å². The van der Waals surface area contributed by atoms with Crippen LogP contribution in [0, 0.1) is 0 Å². The highest BCUT2D eigenvalue weighted by Crippen LogP contribution is 2.25. The van der Waals surface area contributed by atoms with Gasteiger partial charge < -0.3 is 15.3 Å². The summed E-state index contributed by atoms with van der Waals surface area (Å²) in [6.45, 7) is 1.45. The van der Waals surface area contributed by atoms with Crippen LogP contribution in [0.15, 0.2) is 24.3 Å². The second-order valence-electron chi connectivity index (χ2n) is 4.71. The third-order valence-corrected chi connectivity index (χ3v) is 3.51. The molecule has 4 nitrogen and oxygen atoms in total. The van der Waals surface area contributed by atoms with Gasteiger partial charge in [-0.15, -0.1) is 0 Å². The van der Waals surface area contributed by atoms with Crippen molar-refractivity contribution in [2.45, 2.75) is 25.3 Å². The van der Waals surface area contributed by atoms with Gasteiger partial charge in [-0.05, 0) is 37.9 Å². The Morgan fingerprint density at radius 2 is 2.22 bits per heavy atom. The second kappa shape index (κ2) is 5.87. The highest BCUT2D eigenvalue weighted by Gasteiger charge is 2.22. The maximum atomic E-state index is 11.1. The first-order valence-electron chi connectivity index (χ1n) is 6.45. The second-order valence-corrected chi connectivity index (χ2v) is 4.71. The Labute approximate surface area is 108 Å². The Morgan fingerprint density at radius 3 is 2.94 bits per heavy atom. The van der Waals surface area contributed by atoms with Crippen LogP contribution in [-0.4, -0.2) is 37.3 Å². The predicted molar refractivity (Wildman–Crippen MR) is 72.1 cm³/mol. The SMILES string of the molecule is CNC(CN1CCCCc2ccccc21)C(=O)O. The number of likely N-dealkylation sites (N-methyl/N-ethyl adjacent to an activating group) is 1. The van der Waals surface area contributed by atoms with Gasteiger partial charge in [0.2, 0.25) is 0 Å². The minimum absolute atomic E-state index is 0.517. The number of nitrogens with one attached hydrogen (secondary N) is 1. The Kier molecular flexibility index (Phi) is 4.20. The van der Waals surface area contributed by atoms with Crippen molar-refractivity contribution in [2.75, 3.05) is 25.0 Å². The molecule has 18 heavy (non-hydrogen) atoms. The minimum Gasteiger partial charge on any atom is -0.480 e. The third kappa shape index (κ3) is 2.82. The summed E-state index contributed by atoms with van der Waals surface area (Å²) in [4.78, 5) is 13.3. The van der Waals surface area contributed by atoms with Crippen LogP contribution in [0.2, 0.25) is 0 Å². The zero-order valence-electron chi connectivity index (χ0n) is 10.7. The molecule has 0 saturated carbocycles. The molecule has 0 saturated heterocycles. The highest BCUT2D eigenvalue weighted by molar-refractivity contribution is 5.74. The fraction of sp³-hybridized carbons (Fsp3) is 0.500. The Morgan fingerprint density at radius 1 is 1.44 bits per heavy atom. The smallest absolute Gasteiger partial charge is 0.322 e. The van der Waals surface area contributed by atoms with Crippen LogP contribution in [0.3, 0.4) is 0 Å². The van der Waals surface area contributed by atoms with Crippen LogP contribution in [0.1, 0.15) is 18.4 Å². The van der Waals surface area contributed by atoms with Gasteiger partial charge in [0.25, 0.3) is 0 Å². The van der Waals surface area contributed by atoms with E-state index in [-0.39, 0.29) is 0 Å². The number of fused-ring (bicyclic) bond motifs is 1. The number of benzene rings is 1. The summed E-state index contributed by atoms with van der Waals surface area (Å²) in [6.07, 6.45) is 3.37. The Bertz CT molecular complexity index is 420. The standard InChI is InChI=1S/C14H20N2O2/c1-15-12(14(17)18)10-16-9-5-4-7-11-6-2-3-8-13(11)16/h2-3,6,8,12,15H,4-5,7,9-10H2,1H3,(H,17,18). The van der Waals surface area contributed by atoms with Crippen molar-refractivity contribution in [1.29, 1.82) is 0 Å². The molecule has 1 unspecified atom stereocenters. The molecule has 98 valence electrons. The van der Waals surface area contributed by atoms with E-state index in [0.717, 1.165) is 19.4 Å². The van der Waals surface area contributed by atoms with E-state index in [9.17, 15) is 4.79 Å². The van der Waals surface area contributed by atoms with Crippen LogP contribution in [0.4, 0.5) is 5.69 Å². The Hall–Kier alpha value is -1.55. The monoisotopic (exact) mass is 248 g/mol. The molecule has 1 aliphatic rings. The van der Waals surface area contributed by atoms with E-state index in [4.69, 9.17) is 5.11 Å². The molecule has 0 fully saturated rings. The number of rotatable bonds is 4. The van der Waals surface area contributed by atoms with Gasteiger partial charge in [0, 0.05) is 18.8 Å². The number of carboxylic acid groups (broad SMARTS) is 1. The summed E-state index contributed by atoms with van der Waals surface area (Å²) < 4.78 is 0. The fourth-order valence-corrected chi connectivity index (χ4v) is 2.47. The number of nitrogens with zero attached hydrogens (tertiary/aromatic N) is 1. The largest absolute Gasteiger partial charge is 0.480 e. The summed E-state index contributed by atoms with van der Waals surface area (Å²) >= 11 is 0. The van der Waals surface area contributed by atoms with Crippen molar-refractivity contribution in [2.24, 2.45) is 0 Å². The normalized spacial score (nSPS) is 16.8. The molecule has 1 aromatic carbocycles. The zero-order valence-corrected chi connectivity index (χ0v) is 10.7. The first-order valence-corrected chi connectivity index (χ1v) is 6.45. The van der Waals surface area contributed by atoms with Crippen LogP contribution in [-0.2, 0) is 11.2 Å². The van der Waals surface area contributed by atoms with Gasteiger partial charge in [-0.2, -0.15) is 0 Å². The highest BCUT2D eigenvalue weighted by atomic mass is 16.4. The molecule has 0 radical (unpaired) electrons. The molecule has 0 bridgehead atoms. The lowest BCUT2D eigenvalue weighted by Gasteiger charge is -2.27. The van der Waals surface area contributed by atoms with Gasteiger partial charge >= 0.3 is 5.97 Å². The number of carbonyl (C=O) groups is 1. The summed E-state index contributed by atoms with van der Waals surface area (Å²) in [5.74, 6) is -0.792. The molecule has 0 spiro atoms. The van der Waals surface area contributed by atoms with E-state index in [0.29, 0.717) is 6.54 Å². The summed E-state index contributed by atoms with van der Waals surface area (Å²) in [5.41, 5.74) is 2.52. The molecular weight excluding hydrogens is 228 g/mol. The lowest BCUT2D eigenvalue weighted by atomic mass is 10.1. The molecule has 1 atom stereocenters. The fourth-order valence-electron chi connectivity index (χ4n) is 2.47. The zero-order chi connectivity index (χ0) is 13.0. The molecule has 0 aromatic heterocycles. The molecule has 0 aliphatic carbocycles. The van der Waals surface area contributed by atoms with Crippen molar-refractivity contribution in [3.63, 3.8) is 0 Å². The van der Waals surface area contributed by atoms with Crippen LogP contribution < -0.4 is 10.2 Å². The molecule has 1 aliphatic heterocycles. The predicted octanol–water partition coefficient (Wildman–Crippen LogP) is 1.50. The van der Waals surface area contributed by atoms with E-state index < -0.39 is 12.0 Å². The van der Waals surface area contributed by atoms with Gasteiger partial charge in [0.15, 0.2) is 0 Å². The quantitative estimate of drug-likeness (QED) is 0.848. The molecule has 0 amide bonds. The van der Waals surface area contributed by atoms with Crippen molar-refractivity contribution in [1.82, 2.24) is 5.32 Å². The average Bonchev–Trinajstić information content (AvgIpc) is 2.58. The molecule has 1 heterocycles. The van der Waals surface area contributed by atoms with Crippen molar-refractivity contribution >= 4 is 11.7 Å². The van der Waals surface area contributed by atoms with E-state index >= 15 is 0 Å². The van der Waals surface area contributed by atoms with Gasteiger partial charge in [0.1, 0.15) is 6.04 Å². The van der Waals surface area contributed by atoms with Gasteiger partial charge in [0.05, 0.1) is 0 Å². The summed E-state index contributed by atoms with van der Waals surface area (Å²) in [7, 11) is 1.70. The van der Waals surface area contributed by atoms with Crippen LogP contribution in [0.25, 0.3) is 0 Å². The van der Waals surface area contributed by atoms with E-state index in [1.807, 2.05) is 6.07 Å². The molecule has 4 heteroatoms. The van der Waals surface area contributed by atoms with Gasteiger partial charge in [-0.3, -0.25) is 4.79 Å². The lowest BCUT2D eigenvalue weighted by Crippen LogP contribution is -2.45.